The molecule has 0 atom stereocenters. The molecule has 3 rings (SSSR count). The molecule has 3 amide bonds. The maximum absolute atomic E-state index is 12.6. The molecule has 0 N–H and O–H groups in total. The smallest absolute Gasteiger partial charge is 0.387 e. The molecule has 0 spiro atoms. The highest BCUT2D eigenvalue weighted by molar-refractivity contribution is 8.18. The number of halogens is 2. The Morgan fingerprint density at radius 1 is 1.28 bits per heavy atom. The predicted octanol–water partition coefficient (Wildman–Crippen LogP) is 2.19. The van der Waals surface area contributed by atoms with E-state index in [1.54, 1.807) is 4.90 Å². The van der Waals surface area contributed by atoms with Crippen molar-refractivity contribution in [2.24, 2.45) is 0 Å². The summed E-state index contributed by atoms with van der Waals surface area (Å²) in [7, 11) is 1.29. The van der Waals surface area contributed by atoms with Gasteiger partial charge in [0.15, 0.2) is 11.5 Å². The van der Waals surface area contributed by atoms with Crippen molar-refractivity contribution in [1.29, 1.82) is 0 Å². The molecular formula is C18H18F2N2O6S. The number of imide groups is 1. The summed E-state index contributed by atoms with van der Waals surface area (Å²) < 4.78 is 39.4. The molecule has 2 fully saturated rings. The number of methoxy groups -OCH3 is 1. The fourth-order valence-electron chi connectivity index (χ4n) is 2.80. The summed E-state index contributed by atoms with van der Waals surface area (Å²) in [5.41, 5.74) is 0.452. The summed E-state index contributed by atoms with van der Waals surface area (Å²) >= 11 is 0.705. The van der Waals surface area contributed by atoms with Gasteiger partial charge in [0.25, 0.3) is 11.1 Å². The Labute approximate surface area is 169 Å². The van der Waals surface area contributed by atoms with Crippen molar-refractivity contribution in [1.82, 2.24) is 9.80 Å². The number of carbonyl (C=O) groups is 3. The second-order valence-electron chi connectivity index (χ2n) is 6.05. The van der Waals surface area contributed by atoms with Gasteiger partial charge < -0.3 is 19.1 Å². The normalized spacial score (nSPS) is 18.7. The van der Waals surface area contributed by atoms with Crippen LogP contribution >= 0.6 is 11.8 Å². The number of thioether (sulfide) groups is 1. The highest BCUT2D eigenvalue weighted by Gasteiger charge is 2.37. The zero-order chi connectivity index (χ0) is 21.0. The highest BCUT2D eigenvalue weighted by Crippen LogP contribution is 2.35. The van der Waals surface area contributed by atoms with Crippen LogP contribution in [-0.4, -0.2) is 73.4 Å². The Balaban J connectivity index is 1.73. The molecule has 0 bridgehead atoms. The van der Waals surface area contributed by atoms with E-state index in [0.29, 0.717) is 43.6 Å². The predicted molar refractivity (Wildman–Crippen MR) is 99.7 cm³/mol. The molecule has 0 aliphatic carbocycles. The molecule has 0 aromatic heterocycles. The van der Waals surface area contributed by atoms with Crippen LogP contribution in [0.1, 0.15) is 5.56 Å². The minimum atomic E-state index is -3.00. The van der Waals surface area contributed by atoms with Crippen molar-refractivity contribution < 1.29 is 37.4 Å². The van der Waals surface area contributed by atoms with Crippen LogP contribution in [0, 0.1) is 0 Å². The third kappa shape index (κ3) is 5.04. The minimum absolute atomic E-state index is 0.0563. The van der Waals surface area contributed by atoms with Gasteiger partial charge in [0.05, 0.1) is 25.2 Å². The lowest BCUT2D eigenvalue weighted by Crippen LogP contribution is -2.46. The lowest BCUT2D eigenvalue weighted by Gasteiger charge is -2.28. The Morgan fingerprint density at radius 2 is 2.00 bits per heavy atom. The Kier molecular flexibility index (Phi) is 6.70. The molecule has 156 valence electrons. The van der Waals surface area contributed by atoms with E-state index in [2.05, 4.69) is 4.74 Å². The number of hydrogen-bond acceptors (Lipinski definition) is 7. The third-order valence-electron chi connectivity index (χ3n) is 4.23. The number of benzene rings is 1. The zero-order valence-electron chi connectivity index (χ0n) is 15.4. The van der Waals surface area contributed by atoms with E-state index in [9.17, 15) is 23.2 Å². The summed E-state index contributed by atoms with van der Waals surface area (Å²) in [6, 6.07) is 4.14. The molecule has 0 radical (unpaired) electrons. The van der Waals surface area contributed by atoms with Gasteiger partial charge in [0.2, 0.25) is 5.91 Å². The first-order valence-corrected chi connectivity index (χ1v) is 9.44. The van der Waals surface area contributed by atoms with Gasteiger partial charge >= 0.3 is 6.61 Å². The van der Waals surface area contributed by atoms with Gasteiger partial charge in [-0.1, -0.05) is 6.07 Å². The van der Waals surface area contributed by atoms with Crippen LogP contribution in [-0.2, 0) is 14.3 Å². The molecule has 2 aliphatic rings. The van der Waals surface area contributed by atoms with Crippen LogP contribution in [0.15, 0.2) is 23.1 Å². The fraction of sp³-hybridized carbons (Fsp3) is 0.389. The van der Waals surface area contributed by atoms with Crippen molar-refractivity contribution in [3.63, 3.8) is 0 Å². The van der Waals surface area contributed by atoms with Crippen molar-refractivity contribution in [3.05, 3.63) is 28.7 Å². The average Bonchev–Trinajstić information content (AvgIpc) is 2.96. The highest BCUT2D eigenvalue weighted by atomic mass is 32.2. The molecule has 8 nitrogen and oxygen atoms in total. The van der Waals surface area contributed by atoms with Crippen LogP contribution < -0.4 is 9.47 Å². The van der Waals surface area contributed by atoms with Gasteiger partial charge in [0.1, 0.15) is 6.54 Å². The number of rotatable bonds is 6. The van der Waals surface area contributed by atoms with E-state index >= 15 is 0 Å². The van der Waals surface area contributed by atoms with E-state index < -0.39 is 17.8 Å². The second-order valence-corrected chi connectivity index (χ2v) is 7.04. The van der Waals surface area contributed by atoms with Gasteiger partial charge in [-0.25, -0.2) is 0 Å². The van der Waals surface area contributed by atoms with Crippen molar-refractivity contribution in [2.75, 3.05) is 40.0 Å². The van der Waals surface area contributed by atoms with Crippen molar-refractivity contribution in [3.8, 4) is 11.5 Å². The van der Waals surface area contributed by atoms with Crippen LogP contribution in [0.3, 0.4) is 0 Å². The largest absolute Gasteiger partial charge is 0.493 e. The molecule has 2 saturated heterocycles. The van der Waals surface area contributed by atoms with E-state index in [0.717, 1.165) is 4.90 Å². The average molecular weight is 428 g/mol. The topological polar surface area (TPSA) is 85.4 Å². The summed E-state index contributed by atoms with van der Waals surface area (Å²) in [5.74, 6) is -1.01. The van der Waals surface area contributed by atoms with Crippen molar-refractivity contribution >= 4 is 34.9 Å². The first-order chi connectivity index (χ1) is 13.9. The number of amides is 3. The summed E-state index contributed by atoms with van der Waals surface area (Å²) in [6.07, 6.45) is 1.43. The number of alkyl halides is 2. The molecule has 2 heterocycles. The maximum atomic E-state index is 12.6. The molecule has 2 aliphatic heterocycles. The van der Waals surface area contributed by atoms with Crippen LogP contribution in [0.25, 0.3) is 6.08 Å². The Bertz CT molecular complexity index is 842. The van der Waals surface area contributed by atoms with Gasteiger partial charge in [0, 0.05) is 13.1 Å². The number of hydrogen-bond donors (Lipinski definition) is 0. The monoisotopic (exact) mass is 428 g/mol. The SMILES string of the molecule is COc1cc(/C=C2\SC(=O)N(CC(=O)N3CCOCC3)C2=O)ccc1OC(F)F. The second kappa shape index (κ2) is 9.23. The quantitative estimate of drug-likeness (QED) is 0.642. The molecular weight excluding hydrogens is 410 g/mol. The van der Waals surface area contributed by atoms with Crippen LogP contribution in [0.5, 0.6) is 11.5 Å². The van der Waals surface area contributed by atoms with Crippen molar-refractivity contribution in [2.45, 2.75) is 6.61 Å². The van der Waals surface area contributed by atoms with Gasteiger partial charge in [-0.2, -0.15) is 8.78 Å². The lowest BCUT2D eigenvalue weighted by molar-refractivity contribution is -0.139. The molecule has 1 aromatic carbocycles. The number of nitrogens with zero attached hydrogens (tertiary/aromatic N) is 2. The fourth-order valence-corrected chi connectivity index (χ4v) is 3.64. The maximum Gasteiger partial charge on any atom is 0.387 e. The minimum Gasteiger partial charge on any atom is -0.493 e. The van der Waals surface area contributed by atoms with Gasteiger partial charge in [-0.15, -0.1) is 0 Å². The molecule has 11 heteroatoms. The van der Waals surface area contributed by atoms with E-state index in [1.165, 1.54) is 31.4 Å². The number of morpholine rings is 1. The van der Waals surface area contributed by atoms with Gasteiger partial charge in [-0.05, 0) is 35.5 Å². The Hall–Kier alpha value is -2.66. The number of ether oxygens (including phenoxy) is 3. The third-order valence-corrected chi connectivity index (χ3v) is 5.14. The first kappa shape index (κ1) is 21.1. The van der Waals surface area contributed by atoms with E-state index in [1.807, 2.05) is 0 Å². The first-order valence-electron chi connectivity index (χ1n) is 8.63. The Morgan fingerprint density at radius 3 is 2.66 bits per heavy atom. The summed E-state index contributed by atoms with van der Waals surface area (Å²) in [4.78, 5) is 39.7. The molecule has 0 unspecified atom stereocenters. The van der Waals surface area contributed by atoms with Gasteiger partial charge in [-0.3, -0.25) is 19.3 Å². The molecule has 29 heavy (non-hydrogen) atoms. The zero-order valence-corrected chi connectivity index (χ0v) is 16.2. The molecule has 1 aromatic rings. The molecule has 0 saturated carbocycles. The van der Waals surface area contributed by atoms with E-state index in [-0.39, 0.29) is 28.9 Å². The van der Waals surface area contributed by atoms with E-state index in [4.69, 9.17) is 9.47 Å². The lowest BCUT2D eigenvalue weighted by atomic mass is 10.2. The summed E-state index contributed by atoms with van der Waals surface area (Å²) in [6.45, 7) is -1.68. The number of carbonyl (C=O) groups excluding carboxylic acids is 3. The summed E-state index contributed by atoms with van der Waals surface area (Å²) in [5, 5.41) is -0.549. The van der Waals surface area contributed by atoms with Crippen LogP contribution in [0.4, 0.5) is 13.6 Å². The standard InChI is InChI=1S/C18H18F2N2O6S/c1-26-13-8-11(2-3-12(13)28-17(19)20)9-14-16(24)22(18(25)29-14)10-15(23)21-4-6-27-7-5-21/h2-3,8-9,17H,4-7,10H2,1H3/b14-9-. The van der Waals surface area contributed by atoms with Crippen LogP contribution in [0.2, 0.25) is 0 Å².